The maximum Gasteiger partial charge on any atom is 0.229 e. The van der Waals surface area contributed by atoms with Gasteiger partial charge < -0.3 is 26.5 Å². The van der Waals surface area contributed by atoms with E-state index in [1.807, 2.05) is 35.0 Å². The Morgan fingerprint density at radius 3 is 2.61 bits per heavy atom. The molecule has 0 aliphatic heterocycles. The number of aliphatic hydroxyl groups excluding tert-OH is 1. The molecule has 1 aromatic carbocycles. The topological polar surface area (TPSA) is 119 Å². The quantitative estimate of drug-likeness (QED) is 0.647. The molecule has 1 aliphatic rings. The minimum atomic E-state index is -0.686. The lowest BCUT2D eigenvalue weighted by Crippen LogP contribution is -2.53. The lowest BCUT2D eigenvalue weighted by molar-refractivity contribution is -0.122. The molecule has 0 bridgehead atoms. The van der Waals surface area contributed by atoms with Crippen LogP contribution in [0.5, 0.6) is 0 Å². The van der Waals surface area contributed by atoms with Crippen molar-refractivity contribution in [1.29, 1.82) is 0 Å². The molecule has 3 rings (SSSR count). The second-order valence-corrected chi connectivity index (χ2v) is 5.98. The predicted octanol–water partition coefficient (Wildman–Crippen LogP) is 0.236. The summed E-state index contributed by atoms with van der Waals surface area (Å²) in [6.45, 7) is 0. The van der Waals surface area contributed by atoms with E-state index in [4.69, 9.17) is 11.5 Å². The van der Waals surface area contributed by atoms with Gasteiger partial charge in [0.15, 0.2) is 0 Å². The fourth-order valence-corrected chi connectivity index (χ4v) is 2.91. The van der Waals surface area contributed by atoms with Gasteiger partial charge in [0.2, 0.25) is 5.91 Å². The number of rotatable bonds is 3. The highest BCUT2D eigenvalue weighted by Gasteiger charge is 2.36. The summed E-state index contributed by atoms with van der Waals surface area (Å²) in [6, 6.07) is 6.74. The molecule has 1 aliphatic carbocycles. The molecule has 6 N–H and O–H groups in total. The fraction of sp³-hybridized carbons (Fsp3) is 0.375. The first kappa shape index (κ1) is 15.7. The number of carbonyl (C=O) groups is 1. The van der Waals surface area contributed by atoms with Crippen molar-refractivity contribution < 1.29 is 9.90 Å². The second-order valence-electron chi connectivity index (χ2n) is 5.98. The average Bonchev–Trinajstić information content (AvgIpc) is 3.06. The zero-order valence-corrected chi connectivity index (χ0v) is 12.7. The van der Waals surface area contributed by atoms with Crippen molar-refractivity contribution in [3.63, 3.8) is 0 Å². The van der Waals surface area contributed by atoms with Gasteiger partial charge in [0.05, 0.1) is 18.3 Å². The third-order valence-electron chi connectivity index (χ3n) is 4.32. The Kier molecular flexibility index (Phi) is 4.42. The number of nitrogens with one attached hydrogen (secondary N) is 1. The van der Waals surface area contributed by atoms with E-state index in [-0.39, 0.29) is 18.0 Å². The molecular formula is C16H21N5O2. The Hall–Kier alpha value is -2.22. The highest BCUT2D eigenvalue weighted by atomic mass is 16.3. The predicted molar refractivity (Wildman–Crippen MR) is 86.9 cm³/mol. The summed E-state index contributed by atoms with van der Waals surface area (Å²) in [5, 5.41) is 12.7. The largest absolute Gasteiger partial charge is 0.391 e. The zero-order valence-electron chi connectivity index (χ0n) is 12.7. The van der Waals surface area contributed by atoms with Gasteiger partial charge in [-0.15, -0.1) is 0 Å². The van der Waals surface area contributed by atoms with Crippen molar-refractivity contribution >= 4 is 11.6 Å². The number of aliphatic hydroxyl groups is 1. The van der Waals surface area contributed by atoms with Crippen LogP contribution in [0.15, 0.2) is 43.0 Å². The van der Waals surface area contributed by atoms with Gasteiger partial charge in [0, 0.05) is 35.9 Å². The molecule has 23 heavy (non-hydrogen) atoms. The summed E-state index contributed by atoms with van der Waals surface area (Å²) >= 11 is 0. The number of imidazole rings is 1. The van der Waals surface area contributed by atoms with Gasteiger partial charge in [-0.25, -0.2) is 4.98 Å². The Bertz CT molecular complexity index is 656. The van der Waals surface area contributed by atoms with Gasteiger partial charge in [0.1, 0.15) is 0 Å². The van der Waals surface area contributed by atoms with Gasteiger partial charge in [-0.2, -0.15) is 0 Å². The minimum absolute atomic E-state index is 0.182. The molecule has 0 radical (unpaired) electrons. The van der Waals surface area contributed by atoms with Crippen molar-refractivity contribution in [2.45, 2.75) is 31.0 Å². The minimum Gasteiger partial charge on any atom is -0.391 e. The molecule has 1 heterocycles. The van der Waals surface area contributed by atoms with Crippen LogP contribution in [0, 0.1) is 5.92 Å². The molecule has 1 saturated carbocycles. The number of benzene rings is 1. The monoisotopic (exact) mass is 315 g/mol. The van der Waals surface area contributed by atoms with E-state index < -0.39 is 12.0 Å². The SMILES string of the molecule is N[C@@H]1C[C@H](N)[C@@H](C(=O)Nc2ccc(-n3ccnc3)cc2)C[C@H]1O. The summed E-state index contributed by atoms with van der Waals surface area (Å²) in [5.41, 5.74) is 13.4. The van der Waals surface area contributed by atoms with E-state index in [0.717, 1.165) is 5.69 Å². The van der Waals surface area contributed by atoms with E-state index in [1.165, 1.54) is 0 Å². The molecule has 0 spiro atoms. The number of nitrogens with zero attached hydrogens (tertiary/aromatic N) is 2. The molecule has 4 atom stereocenters. The first-order valence-corrected chi connectivity index (χ1v) is 7.63. The molecule has 2 aromatic rings. The van der Waals surface area contributed by atoms with Gasteiger partial charge >= 0.3 is 0 Å². The summed E-state index contributed by atoms with van der Waals surface area (Å²) < 4.78 is 1.88. The van der Waals surface area contributed by atoms with Crippen LogP contribution in [-0.4, -0.2) is 38.8 Å². The number of hydrogen-bond acceptors (Lipinski definition) is 5. The highest BCUT2D eigenvalue weighted by Crippen LogP contribution is 2.24. The van der Waals surface area contributed by atoms with E-state index in [9.17, 15) is 9.90 Å². The number of amides is 1. The van der Waals surface area contributed by atoms with Crippen molar-refractivity contribution in [1.82, 2.24) is 9.55 Å². The normalized spacial score (nSPS) is 27.6. The van der Waals surface area contributed by atoms with Crippen molar-refractivity contribution in [3.05, 3.63) is 43.0 Å². The van der Waals surface area contributed by atoms with Crippen molar-refractivity contribution in [3.8, 4) is 5.69 Å². The highest BCUT2D eigenvalue weighted by molar-refractivity contribution is 5.93. The zero-order chi connectivity index (χ0) is 16.4. The summed E-state index contributed by atoms with van der Waals surface area (Å²) in [6.07, 6.45) is 5.31. The van der Waals surface area contributed by atoms with Crippen LogP contribution in [-0.2, 0) is 4.79 Å². The number of aromatic nitrogens is 2. The van der Waals surface area contributed by atoms with Crippen LogP contribution in [0.25, 0.3) is 5.69 Å². The lowest BCUT2D eigenvalue weighted by Gasteiger charge is -2.34. The van der Waals surface area contributed by atoms with E-state index in [2.05, 4.69) is 10.3 Å². The molecule has 122 valence electrons. The standard InChI is InChI=1S/C16H21N5O2/c17-13-8-14(18)15(22)7-12(13)16(23)20-10-1-3-11(4-2-10)21-6-5-19-9-21/h1-6,9,12-15,22H,7-8,17-18H2,(H,20,23)/t12-,13-,14+,15+/m0/s1. The summed E-state index contributed by atoms with van der Waals surface area (Å²) in [5.74, 6) is -0.614. The first-order valence-electron chi connectivity index (χ1n) is 7.63. The Morgan fingerprint density at radius 2 is 1.96 bits per heavy atom. The molecule has 0 unspecified atom stereocenters. The molecule has 7 heteroatoms. The summed E-state index contributed by atoms with van der Waals surface area (Å²) in [4.78, 5) is 16.4. The lowest BCUT2D eigenvalue weighted by atomic mass is 9.80. The maximum absolute atomic E-state index is 12.4. The number of anilines is 1. The molecule has 1 amide bonds. The van der Waals surface area contributed by atoms with Crippen LogP contribution in [0.3, 0.4) is 0 Å². The van der Waals surface area contributed by atoms with Gasteiger partial charge in [-0.3, -0.25) is 4.79 Å². The molecular weight excluding hydrogens is 294 g/mol. The third-order valence-corrected chi connectivity index (χ3v) is 4.32. The third kappa shape index (κ3) is 3.42. The van der Waals surface area contributed by atoms with Gasteiger partial charge in [0.25, 0.3) is 0 Å². The molecule has 1 aromatic heterocycles. The van der Waals surface area contributed by atoms with Crippen LogP contribution in [0.4, 0.5) is 5.69 Å². The molecule has 7 nitrogen and oxygen atoms in total. The molecule has 0 saturated heterocycles. The number of nitrogens with two attached hydrogens (primary N) is 2. The Morgan fingerprint density at radius 1 is 1.22 bits per heavy atom. The fourth-order valence-electron chi connectivity index (χ4n) is 2.91. The van der Waals surface area contributed by atoms with Crippen LogP contribution < -0.4 is 16.8 Å². The van der Waals surface area contributed by atoms with E-state index >= 15 is 0 Å². The van der Waals surface area contributed by atoms with Gasteiger partial charge in [-0.1, -0.05) is 0 Å². The Balaban J connectivity index is 1.66. The molecule has 1 fully saturated rings. The van der Waals surface area contributed by atoms with Crippen LogP contribution in [0.1, 0.15) is 12.8 Å². The maximum atomic E-state index is 12.4. The van der Waals surface area contributed by atoms with Gasteiger partial charge in [-0.05, 0) is 37.1 Å². The first-order chi connectivity index (χ1) is 11.0. The Labute approximate surface area is 134 Å². The number of hydrogen-bond donors (Lipinski definition) is 4. The van der Waals surface area contributed by atoms with Crippen LogP contribution in [0.2, 0.25) is 0 Å². The average molecular weight is 315 g/mol. The van der Waals surface area contributed by atoms with E-state index in [0.29, 0.717) is 18.5 Å². The smallest absolute Gasteiger partial charge is 0.229 e. The van der Waals surface area contributed by atoms with E-state index in [1.54, 1.807) is 12.5 Å². The van der Waals surface area contributed by atoms with Crippen molar-refractivity contribution in [2.75, 3.05) is 5.32 Å². The number of carbonyl (C=O) groups excluding carboxylic acids is 1. The summed E-state index contributed by atoms with van der Waals surface area (Å²) in [7, 11) is 0. The van der Waals surface area contributed by atoms with Crippen molar-refractivity contribution in [2.24, 2.45) is 17.4 Å². The van der Waals surface area contributed by atoms with Crippen LogP contribution >= 0.6 is 0 Å². The second kappa shape index (κ2) is 6.49.